The molecule has 0 aliphatic carbocycles. The second-order valence-electron chi connectivity index (χ2n) is 3.81. The molecule has 0 amide bonds. The Balaban J connectivity index is 2.91. The third-order valence-electron chi connectivity index (χ3n) is 2.27. The summed E-state index contributed by atoms with van der Waals surface area (Å²) in [6, 6.07) is 0. The molecule has 1 aliphatic heterocycles. The Morgan fingerprint density at radius 1 is 1.17 bits per heavy atom. The van der Waals surface area contributed by atoms with Gasteiger partial charge in [-0.2, -0.15) is 0 Å². The standard InChI is InChI=1S/C10H14O8/c1-4(11)16-6-3-7(13)18-9(10(14)15)8(6)17-5(2)12/h6-9,13H,3H2,1-2H3,(H,14,15)/t6-,7+,8+,9+/m1/s1. The van der Waals surface area contributed by atoms with Gasteiger partial charge in [0.15, 0.2) is 18.5 Å². The molecule has 8 heteroatoms. The maximum Gasteiger partial charge on any atom is 0.337 e. The number of carboxylic acid groups (broad SMARTS) is 1. The molecule has 0 radical (unpaired) electrons. The summed E-state index contributed by atoms with van der Waals surface area (Å²) in [5.74, 6) is -2.82. The van der Waals surface area contributed by atoms with Gasteiger partial charge in [-0.15, -0.1) is 0 Å². The van der Waals surface area contributed by atoms with Crippen LogP contribution in [0.5, 0.6) is 0 Å². The highest BCUT2D eigenvalue weighted by molar-refractivity contribution is 5.75. The summed E-state index contributed by atoms with van der Waals surface area (Å²) < 4.78 is 14.4. The molecule has 0 unspecified atom stereocenters. The van der Waals surface area contributed by atoms with Crippen LogP contribution < -0.4 is 0 Å². The molecule has 1 heterocycles. The van der Waals surface area contributed by atoms with Crippen LogP contribution in [0.1, 0.15) is 20.3 Å². The molecule has 2 N–H and O–H groups in total. The van der Waals surface area contributed by atoms with Gasteiger partial charge < -0.3 is 24.4 Å². The van der Waals surface area contributed by atoms with Crippen LogP contribution in [0.2, 0.25) is 0 Å². The van der Waals surface area contributed by atoms with Gasteiger partial charge >= 0.3 is 17.9 Å². The molecule has 1 saturated heterocycles. The van der Waals surface area contributed by atoms with Crippen molar-refractivity contribution < 1.29 is 38.8 Å². The van der Waals surface area contributed by atoms with Crippen LogP contribution in [-0.4, -0.2) is 52.7 Å². The van der Waals surface area contributed by atoms with Crippen LogP contribution in [0.3, 0.4) is 0 Å². The first-order chi connectivity index (χ1) is 8.31. The van der Waals surface area contributed by atoms with Gasteiger partial charge in [0.25, 0.3) is 0 Å². The van der Waals surface area contributed by atoms with Crippen molar-refractivity contribution in [2.24, 2.45) is 0 Å². The van der Waals surface area contributed by atoms with E-state index >= 15 is 0 Å². The van der Waals surface area contributed by atoms with E-state index in [0.717, 1.165) is 13.8 Å². The predicted octanol–water partition coefficient (Wildman–Crippen LogP) is -0.958. The SMILES string of the molecule is CC(=O)O[C@@H]1[C@@H](C(=O)O)O[C@H](O)C[C@H]1OC(C)=O. The first-order valence-corrected chi connectivity index (χ1v) is 5.22. The van der Waals surface area contributed by atoms with E-state index in [9.17, 15) is 19.5 Å². The fourth-order valence-electron chi connectivity index (χ4n) is 1.69. The van der Waals surface area contributed by atoms with Crippen molar-refractivity contribution in [3.63, 3.8) is 0 Å². The summed E-state index contributed by atoms with van der Waals surface area (Å²) in [5.41, 5.74) is 0. The minimum Gasteiger partial charge on any atom is -0.479 e. The highest BCUT2D eigenvalue weighted by Gasteiger charge is 2.46. The highest BCUT2D eigenvalue weighted by Crippen LogP contribution is 2.24. The zero-order valence-corrected chi connectivity index (χ0v) is 9.86. The number of aliphatic carboxylic acids is 1. The Morgan fingerprint density at radius 2 is 1.72 bits per heavy atom. The molecule has 0 aromatic carbocycles. The smallest absolute Gasteiger partial charge is 0.337 e. The molecule has 0 aromatic heterocycles. The second-order valence-corrected chi connectivity index (χ2v) is 3.81. The Hall–Kier alpha value is -1.67. The second kappa shape index (κ2) is 5.78. The summed E-state index contributed by atoms with van der Waals surface area (Å²) in [6.07, 6.45) is -5.49. The van der Waals surface area contributed by atoms with Gasteiger partial charge in [-0.3, -0.25) is 9.59 Å². The van der Waals surface area contributed by atoms with Gasteiger partial charge in [0, 0.05) is 20.3 Å². The lowest BCUT2D eigenvalue weighted by atomic mass is 10.0. The molecule has 1 aliphatic rings. The normalized spacial score (nSPS) is 31.5. The topological polar surface area (TPSA) is 119 Å². The quantitative estimate of drug-likeness (QED) is 0.624. The average Bonchev–Trinajstić information content (AvgIpc) is 2.19. The maximum absolute atomic E-state index is 11.0. The number of aliphatic hydroxyl groups is 1. The summed E-state index contributed by atoms with van der Waals surface area (Å²) in [7, 11) is 0. The molecule has 0 saturated carbocycles. The minimum atomic E-state index is -1.58. The van der Waals surface area contributed by atoms with Crippen LogP contribution in [0.4, 0.5) is 0 Å². The third kappa shape index (κ3) is 3.67. The molecule has 0 bridgehead atoms. The van der Waals surface area contributed by atoms with Gasteiger partial charge in [0.1, 0.15) is 6.10 Å². The average molecular weight is 262 g/mol. The Morgan fingerprint density at radius 3 is 2.17 bits per heavy atom. The summed E-state index contributed by atoms with van der Waals surface area (Å²) in [6.45, 7) is 2.22. The molecule has 1 fully saturated rings. The van der Waals surface area contributed by atoms with E-state index in [0.29, 0.717) is 0 Å². The third-order valence-corrected chi connectivity index (χ3v) is 2.27. The largest absolute Gasteiger partial charge is 0.479 e. The lowest BCUT2D eigenvalue weighted by Gasteiger charge is -2.36. The van der Waals surface area contributed by atoms with Crippen molar-refractivity contribution in [3.8, 4) is 0 Å². The fourth-order valence-corrected chi connectivity index (χ4v) is 1.69. The lowest BCUT2D eigenvalue weighted by Crippen LogP contribution is -2.54. The van der Waals surface area contributed by atoms with E-state index in [4.69, 9.17) is 19.3 Å². The van der Waals surface area contributed by atoms with Crippen LogP contribution in [0.25, 0.3) is 0 Å². The number of esters is 2. The van der Waals surface area contributed by atoms with E-state index in [1.165, 1.54) is 0 Å². The number of hydrogen-bond donors (Lipinski definition) is 2. The fraction of sp³-hybridized carbons (Fsp3) is 0.700. The van der Waals surface area contributed by atoms with Crippen LogP contribution in [0.15, 0.2) is 0 Å². The number of carbonyl (C=O) groups is 3. The Kier molecular flexibility index (Phi) is 4.62. The molecule has 0 spiro atoms. The molecule has 4 atom stereocenters. The number of carbonyl (C=O) groups excluding carboxylic acids is 2. The van der Waals surface area contributed by atoms with Crippen molar-refractivity contribution in [1.29, 1.82) is 0 Å². The van der Waals surface area contributed by atoms with E-state index in [1.807, 2.05) is 0 Å². The van der Waals surface area contributed by atoms with Crippen molar-refractivity contribution in [2.45, 2.75) is 44.9 Å². The number of aliphatic hydroxyl groups excluding tert-OH is 1. The first kappa shape index (κ1) is 14.4. The van der Waals surface area contributed by atoms with Crippen molar-refractivity contribution in [1.82, 2.24) is 0 Å². The first-order valence-electron chi connectivity index (χ1n) is 5.22. The molecular weight excluding hydrogens is 248 g/mol. The van der Waals surface area contributed by atoms with Crippen LogP contribution >= 0.6 is 0 Å². The van der Waals surface area contributed by atoms with E-state index in [1.54, 1.807) is 0 Å². The highest BCUT2D eigenvalue weighted by atomic mass is 16.7. The zero-order valence-electron chi connectivity index (χ0n) is 9.86. The van der Waals surface area contributed by atoms with Crippen LogP contribution in [0, 0.1) is 0 Å². The van der Waals surface area contributed by atoms with Crippen molar-refractivity contribution >= 4 is 17.9 Å². The molecule has 8 nitrogen and oxygen atoms in total. The minimum absolute atomic E-state index is 0.165. The van der Waals surface area contributed by atoms with E-state index in [2.05, 4.69) is 0 Å². The zero-order chi connectivity index (χ0) is 13.9. The van der Waals surface area contributed by atoms with Gasteiger partial charge in [-0.25, -0.2) is 4.79 Å². The lowest BCUT2D eigenvalue weighted by molar-refractivity contribution is -0.247. The number of ether oxygens (including phenoxy) is 3. The van der Waals surface area contributed by atoms with Gasteiger partial charge in [0.2, 0.25) is 0 Å². The van der Waals surface area contributed by atoms with Gasteiger partial charge in [0.05, 0.1) is 0 Å². The van der Waals surface area contributed by atoms with Crippen molar-refractivity contribution in [2.75, 3.05) is 0 Å². The molecule has 1 rings (SSSR count). The predicted molar refractivity (Wildman–Crippen MR) is 54.2 cm³/mol. The Labute approximate surface area is 102 Å². The summed E-state index contributed by atoms with van der Waals surface area (Å²) in [4.78, 5) is 32.8. The molecule has 102 valence electrons. The van der Waals surface area contributed by atoms with Crippen LogP contribution in [-0.2, 0) is 28.6 Å². The molecule has 0 aromatic rings. The summed E-state index contributed by atoms with van der Waals surface area (Å²) in [5, 5.41) is 18.3. The number of hydrogen-bond acceptors (Lipinski definition) is 7. The number of rotatable bonds is 3. The Bertz CT molecular complexity index is 352. The summed E-state index contributed by atoms with van der Waals surface area (Å²) >= 11 is 0. The monoisotopic (exact) mass is 262 g/mol. The van der Waals surface area contributed by atoms with Gasteiger partial charge in [-0.1, -0.05) is 0 Å². The van der Waals surface area contributed by atoms with Gasteiger partial charge in [-0.05, 0) is 0 Å². The molecular formula is C10H14O8. The van der Waals surface area contributed by atoms with E-state index in [-0.39, 0.29) is 6.42 Å². The van der Waals surface area contributed by atoms with Crippen molar-refractivity contribution in [3.05, 3.63) is 0 Å². The van der Waals surface area contributed by atoms with E-state index < -0.39 is 42.5 Å². The maximum atomic E-state index is 11.0. The molecule has 18 heavy (non-hydrogen) atoms. The number of carboxylic acids is 1.